The van der Waals surface area contributed by atoms with Gasteiger partial charge in [0.05, 0.1) is 28.9 Å². The Labute approximate surface area is 104 Å². The number of rotatable bonds is 4. The van der Waals surface area contributed by atoms with Crippen LogP contribution in [0, 0.1) is 15.9 Å². The summed E-state index contributed by atoms with van der Waals surface area (Å²) >= 11 is 0. The molecule has 18 heavy (non-hydrogen) atoms. The van der Waals surface area contributed by atoms with Crippen LogP contribution in [0.1, 0.15) is 19.8 Å². The van der Waals surface area contributed by atoms with Crippen LogP contribution < -0.4 is 5.32 Å². The normalized spacial score (nSPS) is 23.0. The number of hydrogen-bond acceptors (Lipinski definition) is 4. The van der Waals surface area contributed by atoms with Gasteiger partial charge in [0.25, 0.3) is 5.69 Å². The van der Waals surface area contributed by atoms with E-state index in [0.717, 1.165) is 18.9 Å². The molecular formula is C12H15FN2O3. The van der Waals surface area contributed by atoms with E-state index in [2.05, 4.69) is 5.32 Å². The first kappa shape index (κ1) is 12.8. The fraction of sp³-hybridized carbons (Fsp3) is 0.500. The maximum atomic E-state index is 13.6. The molecule has 2 rings (SSSR count). The predicted molar refractivity (Wildman–Crippen MR) is 65.1 cm³/mol. The Kier molecular flexibility index (Phi) is 3.76. The van der Waals surface area contributed by atoms with Crippen LogP contribution in [0.4, 0.5) is 15.8 Å². The lowest BCUT2D eigenvalue weighted by atomic mass is 10.2. The third-order valence-corrected chi connectivity index (χ3v) is 3.00. The first-order valence-electron chi connectivity index (χ1n) is 5.89. The number of non-ortho nitro benzene ring substituents is 1. The molecule has 5 nitrogen and oxygen atoms in total. The fourth-order valence-corrected chi connectivity index (χ4v) is 2.02. The molecule has 0 amide bonds. The summed E-state index contributed by atoms with van der Waals surface area (Å²) in [4.78, 5) is 9.85. The fourth-order valence-electron chi connectivity index (χ4n) is 2.02. The molecule has 1 heterocycles. The van der Waals surface area contributed by atoms with Crippen molar-refractivity contribution in [1.82, 2.24) is 0 Å². The monoisotopic (exact) mass is 254 g/mol. The van der Waals surface area contributed by atoms with Gasteiger partial charge in [-0.3, -0.25) is 10.1 Å². The van der Waals surface area contributed by atoms with Gasteiger partial charge in [0, 0.05) is 12.6 Å². The molecule has 2 unspecified atom stereocenters. The first-order valence-corrected chi connectivity index (χ1v) is 5.89. The number of nitrogens with zero attached hydrogens (tertiary/aromatic N) is 1. The predicted octanol–water partition coefficient (Wildman–Crippen LogP) is 2.71. The minimum absolute atomic E-state index is 0.0783. The van der Waals surface area contributed by atoms with E-state index in [4.69, 9.17) is 4.74 Å². The van der Waals surface area contributed by atoms with Gasteiger partial charge in [0.15, 0.2) is 5.82 Å². The molecule has 1 fully saturated rings. The van der Waals surface area contributed by atoms with Crippen LogP contribution >= 0.6 is 0 Å². The molecule has 0 aliphatic carbocycles. The highest BCUT2D eigenvalue weighted by atomic mass is 19.1. The van der Waals surface area contributed by atoms with Crippen molar-refractivity contribution in [3.05, 3.63) is 34.1 Å². The second-order valence-electron chi connectivity index (χ2n) is 4.45. The summed E-state index contributed by atoms with van der Waals surface area (Å²) in [7, 11) is 0. The average Bonchev–Trinajstić information content (AvgIpc) is 2.73. The van der Waals surface area contributed by atoms with E-state index in [9.17, 15) is 14.5 Å². The summed E-state index contributed by atoms with van der Waals surface area (Å²) in [5, 5.41) is 13.4. The van der Waals surface area contributed by atoms with Crippen molar-refractivity contribution in [3.8, 4) is 0 Å². The Morgan fingerprint density at radius 2 is 2.33 bits per heavy atom. The van der Waals surface area contributed by atoms with Gasteiger partial charge in [0.2, 0.25) is 0 Å². The van der Waals surface area contributed by atoms with E-state index >= 15 is 0 Å². The Balaban J connectivity index is 1.95. The van der Waals surface area contributed by atoms with Crippen LogP contribution in [0.2, 0.25) is 0 Å². The summed E-state index contributed by atoms with van der Waals surface area (Å²) in [6, 6.07) is 3.58. The molecule has 0 aromatic heterocycles. The molecule has 2 atom stereocenters. The number of nitro benzene ring substituents is 1. The van der Waals surface area contributed by atoms with Crippen LogP contribution in [0.5, 0.6) is 0 Å². The molecule has 0 spiro atoms. The second-order valence-corrected chi connectivity index (χ2v) is 4.45. The van der Waals surface area contributed by atoms with Crippen molar-refractivity contribution >= 4 is 11.4 Å². The van der Waals surface area contributed by atoms with Gasteiger partial charge in [-0.2, -0.15) is 0 Å². The van der Waals surface area contributed by atoms with E-state index in [1.807, 2.05) is 6.92 Å². The quantitative estimate of drug-likeness (QED) is 0.662. The van der Waals surface area contributed by atoms with Crippen molar-refractivity contribution in [1.29, 1.82) is 0 Å². The standard InChI is InChI=1S/C12H15FN2O3/c1-8-2-4-10(18-8)7-14-12-5-3-9(15(16)17)6-11(12)13/h3,5-6,8,10,14H,2,4,7H2,1H3. The van der Waals surface area contributed by atoms with Crippen LogP contribution in [-0.2, 0) is 4.74 Å². The van der Waals surface area contributed by atoms with Crippen LogP contribution in [0.25, 0.3) is 0 Å². The highest BCUT2D eigenvalue weighted by molar-refractivity contribution is 5.50. The Hall–Kier alpha value is -1.69. The molecule has 1 aromatic carbocycles. The molecule has 0 bridgehead atoms. The smallest absolute Gasteiger partial charge is 0.272 e. The van der Waals surface area contributed by atoms with Gasteiger partial charge in [-0.15, -0.1) is 0 Å². The van der Waals surface area contributed by atoms with E-state index in [1.165, 1.54) is 12.1 Å². The number of nitrogens with one attached hydrogen (secondary N) is 1. The first-order chi connectivity index (χ1) is 8.56. The third-order valence-electron chi connectivity index (χ3n) is 3.00. The topological polar surface area (TPSA) is 64.4 Å². The van der Waals surface area contributed by atoms with Crippen LogP contribution in [0.3, 0.4) is 0 Å². The summed E-state index contributed by atoms with van der Waals surface area (Å²) < 4.78 is 19.1. The summed E-state index contributed by atoms with van der Waals surface area (Å²) in [5.41, 5.74) is 0.0209. The second kappa shape index (κ2) is 5.30. The largest absolute Gasteiger partial charge is 0.380 e. The highest BCUT2D eigenvalue weighted by Crippen LogP contribution is 2.23. The lowest BCUT2D eigenvalue weighted by Crippen LogP contribution is -2.20. The Morgan fingerprint density at radius 3 is 2.89 bits per heavy atom. The van der Waals surface area contributed by atoms with Crippen molar-refractivity contribution in [2.24, 2.45) is 0 Å². The lowest BCUT2D eigenvalue weighted by Gasteiger charge is -2.13. The zero-order valence-electron chi connectivity index (χ0n) is 10.1. The van der Waals surface area contributed by atoms with Gasteiger partial charge in [-0.05, 0) is 25.8 Å². The van der Waals surface area contributed by atoms with Gasteiger partial charge in [-0.25, -0.2) is 4.39 Å². The number of ether oxygens (including phenoxy) is 1. The third kappa shape index (κ3) is 2.95. The molecule has 1 aromatic rings. The van der Waals surface area contributed by atoms with Crippen molar-refractivity contribution in [2.45, 2.75) is 32.0 Å². The van der Waals surface area contributed by atoms with Crippen LogP contribution in [0.15, 0.2) is 18.2 Å². The maximum absolute atomic E-state index is 13.6. The lowest BCUT2D eigenvalue weighted by molar-refractivity contribution is -0.385. The van der Waals surface area contributed by atoms with Gasteiger partial charge in [-0.1, -0.05) is 0 Å². The van der Waals surface area contributed by atoms with Crippen molar-refractivity contribution in [2.75, 3.05) is 11.9 Å². The zero-order valence-corrected chi connectivity index (χ0v) is 10.1. The molecule has 0 saturated carbocycles. The summed E-state index contributed by atoms with van der Waals surface area (Å²) in [6.45, 7) is 2.52. The minimum Gasteiger partial charge on any atom is -0.380 e. The summed E-state index contributed by atoms with van der Waals surface area (Å²) in [5.74, 6) is -0.616. The SMILES string of the molecule is CC1CCC(CNc2ccc([N+](=O)[O-])cc2F)O1. The van der Waals surface area contributed by atoms with Gasteiger partial charge >= 0.3 is 0 Å². The molecule has 98 valence electrons. The van der Waals surface area contributed by atoms with Gasteiger partial charge in [0.1, 0.15) is 0 Å². The average molecular weight is 254 g/mol. The number of anilines is 1. The maximum Gasteiger partial charge on any atom is 0.272 e. The van der Waals surface area contributed by atoms with E-state index in [0.29, 0.717) is 6.54 Å². The van der Waals surface area contributed by atoms with Crippen molar-refractivity contribution < 1.29 is 14.1 Å². The Morgan fingerprint density at radius 1 is 1.56 bits per heavy atom. The number of hydrogen-bond donors (Lipinski definition) is 1. The van der Waals surface area contributed by atoms with E-state index < -0.39 is 10.7 Å². The molecule has 1 saturated heterocycles. The molecular weight excluding hydrogens is 239 g/mol. The molecule has 6 heteroatoms. The van der Waals surface area contributed by atoms with E-state index in [1.54, 1.807) is 0 Å². The highest BCUT2D eigenvalue weighted by Gasteiger charge is 2.21. The van der Waals surface area contributed by atoms with Gasteiger partial charge < -0.3 is 10.1 Å². The molecule has 0 radical (unpaired) electrons. The van der Waals surface area contributed by atoms with Crippen molar-refractivity contribution in [3.63, 3.8) is 0 Å². The number of benzene rings is 1. The zero-order chi connectivity index (χ0) is 13.1. The molecule has 1 aliphatic rings. The molecule has 1 N–H and O–H groups in total. The number of nitro groups is 1. The van der Waals surface area contributed by atoms with Crippen LogP contribution in [-0.4, -0.2) is 23.7 Å². The molecule has 1 aliphatic heterocycles. The minimum atomic E-state index is -0.616. The number of halogens is 1. The summed E-state index contributed by atoms with van der Waals surface area (Å²) in [6.07, 6.45) is 2.28. The Bertz CT molecular complexity index is 453. The van der Waals surface area contributed by atoms with E-state index in [-0.39, 0.29) is 23.6 Å².